The summed E-state index contributed by atoms with van der Waals surface area (Å²) in [6.45, 7) is 6.62. The summed E-state index contributed by atoms with van der Waals surface area (Å²) in [7, 11) is 1.58. The van der Waals surface area contributed by atoms with Gasteiger partial charge in [-0.2, -0.15) is 0 Å². The lowest BCUT2D eigenvalue weighted by Crippen LogP contribution is -2.33. The predicted molar refractivity (Wildman–Crippen MR) is 72.9 cm³/mol. The molecule has 2 rings (SSSR count). The van der Waals surface area contributed by atoms with E-state index >= 15 is 0 Å². The van der Waals surface area contributed by atoms with E-state index in [0.717, 1.165) is 11.1 Å². The normalized spacial score (nSPS) is 14.2. The van der Waals surface area contributed by atoms with Crippen LogP contribution < -0.4 is 10.5 Å². The highest BCUT2D eigenvalue weighted by atomic mass is 16.6. The Morgan fingerprint density at radius 2 is 1.84 bits per heavy atom. The van der Waals surface area contributed by atoms with Crippen LogP contribution in [-0.4, -0.2) is 23.7 Å². The number of carbonyl (C=O) groups excluding carboxylic acids is 1. The summed E-state index contributed by atoms with van der Waals surface area (Å²) in [5.74, 6) is 0.643. The van der Waals surface area contributed by atoms with Gasteiger partial charge in [0.15, 0.2) is 0 Å². The fraction of sp³-hybridized carbons (Fsp3) is 0.500. The number of rotatable bonds is 1. The van der Waals surface area contributed by atoms with Crippen molar-refractivity contribution in [3.05, 3.63) is 23.3 Å². The highest BCUT2D eigenvalue weighted by Gasteiger charge is 2.28. The van der Waals surface area contributed by atoms with Crippen LogP contribution in [0, 0.1) is 0 Å². The number of carbonyl (C=O) groups is 1. The van der Waals surface area contributed by atoms with Gasteiger partial charge in [0, 0.05) is 13.1 Å². The van der Waals surface area contributed by atoms with Crippen molar-refractivity contribution in [1.82, 2.24) is 4.90 Å². The molecule has 0 unspecified atom stereocenters. The summed E-state index contributed by atoms with van der Waals surface area (Å²) in [4.78, 5) is 13.7. The summed E-state index contributed by atoms with van der Waals surface area (Å²) in [6, 6.07) is 3.74. The summed E-state index contributed by atoms with van der Waals surface area (Å²) < 4.78 is 10.6. The van der Waals surface area contributed by atoms with Crippen LogP contribution in [0.4, 0.5) is 10.5 Å². The first-order chi connectivity index (χ1) is 8.80. The molecule has 2 N–H and O–H groups in total. The van der Waals surface area contributed by atoms with Gasteiger partial charge in [-0.05, 0) is 44.0 Å². The molecule has 0 atom stereocenters. The lowest BCUT2D eigenvalue weighted by atomic mass is 10.1. The van der Waals surface area contributed by atoms with Crippen molar-refractivity contribution < 1.29 is 14.3 Å². The third kappa shape index (κ3) is 2.92. The van der Waals surface area contributed by atoms with E-state index < -0.39 is 5.60 Å². The van der Waals surface area contributed by atoms with Crippen LogP contribution >= 0.6 is 0 Å². The Morgan fingerprint density at radius 3 is 2.37 bits per heavy atom. The number of fused-ring (bicyclic) bond motifs is 1. The number of amides is 1. The molecule has 19 heavy (non-hydrogen) atoms. The topological polar surface area (TPSA) is 64.8 Å². The maximum atomic E-state index is 12.0. The predicted octanol–water partition coefficient (Wildman–Crippen LogP) is 2.53. The van der Waals surface area contributed by atoms with E-state index in [0.29, 0.717) is 24.5 Å². The molecule has 1 heterocycles. The fourth-order valence-corrected chi connectivity index (χ4v) is 2.08. The van der Waals surface area contributed by atoms with Crippen LogP contribution in [0.2, 0.25) is 0 Å². The Kier molecular flexibility index (Phi) is 3.30. The van der Waals surface area contributed by atoms with Crippen LogP contribution in [0.1, 0.15) is 31.9 Å². The monoisotopic (exact) mass is 264 g/mol. The van der Waals surface area contributed by atoms with Gasteiger partial charge in [-0.15, -0.1) is 0 Å². The first kappa shape index (κ1) is 13.5. The zero-order valence-corrected chi connectivity index (χ0v) is 11.8. The summed E-state index contributed by atoms with van der Waals surface area (Å²) in [5.41, 5.74) is 8.07. The first-order valence-electron chi connectivity index (χ1n) is 6.23. The summed E-state index contributed by atoms with van der Waals surface area (Å²) in [5, 5.41) is 0. The van der Waals surface area contributed by atoms with E-state index in [4.69, 9.17) is 15.2 Å². The minimum Gasteiger partial charge on any atom is -0.495 e. The Bertz CT molecular complexity index is 506. The molecule has 0 aromatic heterocycles. The minimum atomic E-state index is -0.484. The number of hydrogen-bond donors (Lipinski definition) is 1. The first-order valence-corrected chi connectivity index (χ1v) is 6.23. The third-order valence-corrected chi connectivity index (χ3v) is 2.93. The molecular formula is C14H20N2O3. The molecule has 0 aliphatic carbocycles. The molecular weight excluding hydrogens is 244 g/mol. The minimum absolute atomic E-state index is 0.304. The lowest BCUT2D eigenvalue weighted by Gasteiger charge is -2.24. The van der Waals surface area contributed by atoms with Crippen molar-refractivity contribution in [1.29, 1.82) is 0 Å². The number of nitrogens with zero attached hydrogens (tertiary/aromatic N) is 1. The van der Waals surface area contributed by atoms with Crippen molar-refractivity contribution >= 4 is 11.8 Å². The molecule has 0 bridgehead atoms. The fourth-order valence-electron chi connectivity index (χ4n) is 2.08. The second-order valence-corrected chi connectivity index (χ2v) is 5.70. The second kappa shape index (κ2) is 4.64. The Labute approximate surface area is 113 Å². The van der Waals surface area contributed by atoms with Gasteiger partial charge in [0.2, 0.25) is 0 Å². The van der Waals surface area contributed by atoms with Gasteiger partial charge >= 0.3 is 6.09 Å². The number of nitrogen functional groups attached to an aromatic ring is 1. The van der Waals surface area contributed by atoms with Gasteiger partial charge in [-0.1, -0.05) is 0 Å². The Hall–Kier alpha value is -1.91. The zero-order valence-electron chi connectivity index (χ0n) is 11.8. The van der Waals surface area contributed by atoms with Crippen molar-refractivity contribution in [2.75, 3.05) is 12.8 Å². The smallest absolute Gasteiger partial charge is 0.410 e. The largest absolute Gasteiger partial charge is 0.495 e. The van der Waals surface area contributed by atoms with E-state index in [1.54, 1.807) is 12.0 Å². The van der Waals surface area contributed by atoms with Crippen LogP contribution in [0.3, 0.4) is 0 Å². The second-order valence-electron chi connectivity index (χ2n) is 5.70. The van der Waals surface area contributed by atoms with Crippen molar-refractivity contribution in [3.8, 4) is 5.75 Å². The molecule has 104 valence electrons. The standard InChI is InChI=1S/C14H20N2O3/c1-14(2,3)19-13(17)16-7-9-5-11(15)12(18-4)6-10(9)8-16/h5-6H,7-8,15H2,1-4H3. The quantitative estimate of drug-likeness (QED) is 0.792. The van der Waals surface area contributed by atoms with Gasteiger partial charge < -0.3 is 15.2 Å². The van der Waals surface area contributed by atoms with Gasteiger partial charge in [-0.3, -0.25) is 4.90 Å². The SMILES string of the molecule is COc1cc2c(cc1N)CN(C(=O)OC(C)(C)C)C2. The molecule has 1 aromatic rings. The molecule has 0 spiro atoms. The van der Waals surface area contributed by atoms with Crippen LogP contribution in [0.25, 0.3) is 0 Å². The van der Waals surface area contributed by atoms with Crippen LogP contribution in [0.5, 0.6) is 5.75 Å². The van der Waals surface area contributed by atoms with Crippen LogP contribution in [-0.2, 0) is 17.8 Å². The molecule has 1 aliphatic heterocycles. The number of anilines is 1. The number of methoxy groups -OCH3 is 1. The maximum Gasteiger partial charge on any atom is 0.410 e. The van der Waals surface area contributed by atoms with Gasteiger partial charge in [0.1, 0.15) is 11.4 Å². The summed E-state index contributed by atoms with van der Waals surface area (Å²) >= 11 is 0. The number of ether oxygens (including phenoxy) is 2. The zero-order chi connectivity index (χ0) is 14.2. The molecule has 0 radical (unpaired) electrons. The Balaban J connectivity index is 2.14. The van der Waals surface area contributed by atoms with Crippen molar-refractivity contribution in [3.63, 3.8) is 0 Å². The van der Waals surface area contributed by atoms with E-state index in [-0.39, 0.29) is 6.09 Å². The van der Waals surface area contributed by atoms with Gasteiger partial charge in [0.25, 0.3) is 0 Å². The van der Waals surface area contributed by atoms with Crippen molar-refractivity contribution in [2.24, 2.45) is 0 Å². The Morgan fingerprint density at radius 1 is 1.26 bits per heavy atom. The number of benzene rings is 1. The molecule has 5 nitrogen and oxygen atoms in total. The highest BCUT2D eigenvalue weighted by molar-refractivity contribution is 5.70. The van der Waals surface area contributed by atoms with E-state index in [1.165, 1.54) is 0 Å². The number of hydrogen-bond acceptors (Lipinski definition) is 4. The van der Waals surface area contributed by atoms with Crippen LogP contribution in [0.15, 0.2) is 12.1 Å². The molecule has 1 aliphatic rings. The van der Waals surface area contributed by atoms with Gasteiger partial charge in [-0.25, -0.2) is 4.79 Å². The molecule has 0 saturated carbocycles. The lowest BCUT2D eigenvalue weighted by molar-refractivity contribution is 0.0242. The number of nitrogens with two attached hydrogens (primary N) is 1. The van der Waals surface area contributed by atoms with E-state index in [1.807, 2.05) is 32.9 Å². The van der Waals surface area contributed by atoms with Crippen molar-refractivity contribution in [2.45, 2.75) is 39.5 Å². The molecule has 1 aromatic carbocycles. The average Bonchev–Trinajstić information content (AvgIpc) is 2.68. The highest BCUT2D eigenvalue weighted by Crippen LogP contribution is 2.32. The van der Waals surface area contributed by atoms with Gasteiger partial charge in [0.05, 0.1) is 12.8 Å². The van der Waals surface area contributed by atoms with E-state index in [9.17, 15) is 4.79 Å². The summed E-state index contributed by atoms with van der Waals surface area (Å²) in [6.07, 6.45) is -0.304. The molecule has 5 heteroatoms. The van der Waals surface area contributed by atoms with E-state index in [2.05, 4.69) is 0 Å². The average molecular weight is 264 g/mol. The molecule has 0 saturated heterocycles. The maximum absolute atomic E-state index is 12.0. The molecule has 1 amide bonds. The third-order valence-electron chi connectivity index (χ3n) is 2.93. The molecule has 0 fully saturated rings.